The molecule has 0 saturated heterocycles. The quantitative estimate of drug-likeness (QED) is 0.0339. The fourth-order valence-electron chi connectivity index (χ4n) is 8.85. The van der Waals surface area contributed by atoms with E-state index in [1.54, 1.807) is 0 Å². The number of aryl methyl sites for hydroxylation is 2. The molecule has 0 aliphatic rings. The molecular weight excluding hydrogens is 985 g/mol. The Kier molecular flexibility index (Phi) is 31.7. The van der Waals surface area contributed by atoms with Crippen LogP contribution in [-0.4, -0.2) is 24.0 Å². The Morgan fingerprint density at radius 2 is 0.986 bits per heavy atom. The molecule has 0 atom stereocenters. The maximum absolute atomic E-state index is 3.64. The van der Waals surface area contributed by atoms with Gasteiger partial charge in [0, 0.05) is 44.4 Å². The number of unbranched alkanes of at least 4 members (excludes halogenated alkanes) is 17. The highest BCUT2D eigenvalue weighted by molar-refractivity contribution is 7.98. The molecule has 0 bridgehead atoms. The van der Waals surface area contributed by atoms with Gasteiger partial charge in [-0.05, 0) is 163 Å². The first-order valence-electron chi connectivity index (χ1n) is 28.0. The predicted octanol–water partition coefficient (Wildman–Crippen LogP) is 24.8. The third-order valence-corrected chi connectivity index (χ3v) is 19.1. The van der Waals surface area contributed by atoms with Crippen LogP contribution in [0.2, 0.25) is 0 Å². The number of fused-ring (bicyclic) bond motifs is 3. The molecule has 4 heterocycles. The SMILES string of the molecule is C/C=C\c1cc2sc(-c3ccc(CCCCCCCCCCCC)s3)cc2cc1-c1ccc2cc3sc(-c4ccc(CCCCCCCCCCC)s4)cc3cc2c1.C=C/C(C)=C/CSC.CC.CCSC. The van der Waals surface area contributed by atoms with Crippen LogP contribution in [0.15, 0.2) is 109 Å². The van der Waals surface area contributed by atoms with Gasteiger partial charge in [0.15, 0.2) is 0 Å². The van der Waals surface area contributed by atoms with Crippen LogP contribution in [0.5, 0.6) is 0 Å². The van der Waals surface area contributed by atoms with Crippen molar-refractivity contribution in [1.82, 2.24) is 0 Å². The molecule has 0 spiro atoms. The highest BCUT2D eigenvalue weighted by Crippen LogP contribution is 2.43. The van der Waals surface area contributed by atoms with Gasteiger partial charge in [0.2, 0.25) is 0 Å². The Morgan fingerprint density at radius 3 is 1.46 bits per heavy atom. The lowest BCUT2D eigenvalue weighted by atomic mass is 9.95. The molecule has 392 valence electrons. The Morgan fingerprint density at radius 1 is 0.500 bits per heavy atom. The summed E-state index contributed by atoms with van der Waals surface area (Å²) in [5, 5.41) is 5.34. The molecule has 72 heavy (non-hydrogen) atoms. The zero-order valence-corrected chi connectivity index (χ0v) is 51.1. The van der Waals surface area contributed by atoms with E-state index in [1.807, 2.05) is 88.8 Å². The maximum atomic E-state index is 3.64. The Labute approximate surface area is 464 Å². The van der Waals surface area contributed by atoms with E-state index in [2.05, 4.69) is 151 Å². The summed E-state index contributed by atoms with van der Waals surface area (Å²) in [6, 6.07) is 31.1. The van der Waals surface area contributed by atoms with E-state index in [0.29, 0.717) is 0 Å². The van der Waals surface area contributed by atoms with E-state index >= 15 is 0 Å². The van der Waals surface area contributed by atoms with E-state index < -0.39 is 0 Å². The lowest BCUT2D eigenvalue weighted by molar-refractivity contribution is 0.557. The summed E-state index contributed by atoms with van der Waals surface area (Å²) in [6.07, 6.45) is 41.6. The number of rotatable bonds is 29. The standard InChI is InChI=1S/C54H66S4.C7H12S.C3H8S.C2H6/c1-4-7-9-11-13-15-17-19-21-23-26-47-30-32-50(56-47)54-39-45-35-48(41(24-6-3)37-52(45)58-54)42-28-27-40-36-51-44(34-43(40)33-42)38-53(57-51)49-31-29-46(55-49)25-22-20-18-16-14-12-10-8-5-2;1-4-7(2)5-6-8-3;1-3-4-2;1-2/h6,24,27-39H,4-5,7-23,25-26H2,1-3H3;4-5H,1,6H2,2-3H3;3H2,1-2H3;1-2H3/b24-6-;7-5+;;. The number of hydrogen-bond acceptors (Lipinski definition) is 6. The number of thioether (sulfide) groups is 2. The Hall–Kier alpha value is -2.84. The van der Waals surface area contributed by atoms with Crippen LogP contribution in [0.3, 0.4) is 0 Å². The van der Waals surface area contributed by atoms with Crippen molar-refractivity contribution in [2.75, 3.05) is 24.0 Å². The Bertz CT molecular complexity index is 2600. The molecule has 0 radical (unpaired) electrons. The number of allylic oxidation sites excluding steroid dienone is 3. The van der Waals surface area contributed by atoms with Gasteiger partial charge in [-0.3, -0.25) is 0 Å². The molecule has 0 N–H and O–H groups in total. The van der Waals surface area contributed by atoms with E-state index in [4.69, 9.17) is 0 Å². The van der Waals surface area contributed by atoms with Gasteiger partial charge in [-0.15, -0.1) is 45.3 Å². The fraction of sp³-hybridized carbons (Fsp3) is 0.485. The maximum Gasteiger partial charge on any atom is 0.0455 e. The van der Waals surface area contributed by atoms with Gasteiger partial charge in [-0.25, -0.2) is 0 Å². The van der Waals surface area contributed by atoms with Crippen LogP contribution >= 0.6 is 68.9 Å². The summed E-state index contributed by atoms with van der Waals surface area (Å²) in [5.41, 5.74) is 5.16. The molecule has 0 unspecified atom stereocenters. The normalized spacial score (nSPS) is 11.5. The molecule has 7 aromatic rings. The fourth-order valence-corrected chi connectivity index (χ4v) is 13.7. The minimum atomic E-state index is 1.10. The van der Waals surface area contributed by atoms with Crippen LogP contribution < -0.4 is 0 Å². The third-order valence-electron chi connectivity index (χ3n) is 13.1. The molecule has 6 heteroatoms. The van der Waals surface area contributed by atoms with E-state index in [9.17, 15) is 0 Å². The average Bonchev–Trinajstić information content (AvgIpc) is 4.25. The smallest absolute Gasteiger partial charge is 0.0455 e. The second-order valence-corrected chi connectivity index (χ2v) is 25.4. The summed E-state index contributed by atoms with van der Waals surface area (Å²) in [6.45, 7) is 18.6. The van der Waals surface area contributed by atoms with Gasteiger partial charge in [0.25, 0.3) is 0 Å². The molecule has 0 aliphatic carbocycles. The van der Waals surface area contributed by atoms with Gasteiger partial charge in [0.1, 0.15) is 0 Å². The second-order valence-electron chi connectivity index (χ2n) is 18.9. The molecular formula is C66H92S6. The highest BCUT2D eigenvalue weighted by atomic mass is 32.2. The summed E-state index contributed by atoms with van der Waals surface area (Å²) in [7, 11) is 0. The van der Waals surface area contributed by atoms with Gasteiger partial charge in [-0.2, -0.15) is 23.5 Å². The molecule has 0 saturated carbocycles. The predicted molar refractivity (Wildman–Crippen MR) is 346 cm³/mol. The van der Waals surface area contributed by atoms with E-state index in [1.165, 1.54) is 223 Å². The number of thiophene rings is 4. The third kappa shape index (κ3) is 21.4. The van der Waals surface area contributed by atoms with Crippen LogP contribution in [0, 0.1) is 0 Å². The van der Waals surface area contributed by atoms with Crippen molar-refractivity contribution < 1.29 is 0 Å². The summed E-state index contributed by atoms with van der Waals surface area (Å²) < 4.78 is 2.75. The monoisotopic (exact) mass is 1080 g/mol. The first-order chi connectivity index (χ1) is 35.3. The zero-order chi connectivity index (χ0) is 51.8. The lowest BCUT2D eigenvalue weighted by Crippen LogP contribution is -1.84. The topological polar surface area (TPSA) is 0 Å². The number of benzene rings is 3. The van der Waals surface area contributed by atoms with Crippen LogP contribution in [0.4, 0.5) is 0 Å². The van der Waals surface area contributed by atoms with Crippen molar-refractivity contribution in [2.24, 2.45) is 0 Å². The van der Waals surface area contributed by atoms with Crippen molar-refractivity contribution in [3.05, 3.63) is 125 Å². The molecule has 0 fully saturated rings. The van der Waals surface area contributed by atoms with Crippen LogP contribution in [0.1, 0.15) is 186 Å². The zero-order valence-electron chi connectivity index (χ0n) is 46.2. The minimum Gasteiger partial charge on any atom is -0.166 e. The van der Waals surface area contributed by atoms with Gasteiger partial charge in [-0.1, -0.05) is 192 Å². The summed E-state index contributed by atoms with van der Waals surface area (Å²) in [5.74, 6) is 2.33. The molecule has 0 amide bonds. The van der Waals surface area contributed by atoms with E-state index in [-0.39, 0.29) is 0 Å². The van der Waals surface area contributed by atoms with Crippen LogP contribution in [0.25, 0.3) is 67.7 Å². The van der Waals surface area contributed by atoms with Gasteiger partial charge in [0.05, 0.1) is 0 Å². The highest BCUT2D eigenvalue weighted by Gasteiger charge is 2.14. The van der Waals surface area contributed by atoms with Crippen molar-refractivity contribution >= 4 is 106 Å². The number of hydrogen-bond donors (Lipinski definition) is 0. The summed E-state index contributed by atoms with van der Waals surface area (Å²) >= 11 is 11.6. The molecule has 0 aliphatic heterocycles. The van der Waals surface area contributed by atoms with Crippen molar-refractivity contribution in [3.8, 4) is 30.6 Å². The van der Waals surface area contributed by atoms with Crippen molar-refractivity contribution in [2.45, 2.75) is 183 Å². The molecule has 4 aromatic heterocycles. The minimum absolute atomic E-state index is 1.10. The average molecular weight is 1080 g/mol. The molecule has 3 aromatic carbocycles. The summed E-state index contributed by atoms with van der Waals surface area (Å²) in [4.78, 5) is 8.71. The molecule has 7 rings (SSSR count). The molecule has 0 nitrogen and oxygen atoms in total. The van der Waals surface area contributed by atoms with Crippen molar-refractivity contribution in [3.63, 3.8) is 0 Å². The largest absolute Gasteiger partial charge is 0.166 e. The lowest BCUT2D eigenvalue weighted by Gasteiger charge is -2.09. The first kappa shape index (κ1) is 61.7. The van der Waals surface area contributed by atoms with Gasteiger partial charge < -0.3 is 0 Å². The van der Waals surface area contributed by atoms with Crippen molar-refractivity contribution in [1.29, 1.82) is 0 Å². The van der Waals surface area contributed by atoms with Crippen LogP contribution in [-0.2, 0) is 12.8 Å². The first-order valence-corrected chi connectivity index (χ1v) is 34.0. The van der Waals surface area contributed by atoms with Gasteiger partial charge >= 0.3 is 0 Å². The second kappa shape index (κ2) is 37.0. The van der Waals surface area contributed by atoms with E-state index in [0.717, 1.165) is 5.75 Å². The Balaban J connectivity index is 0.000000711.